The van der Waals surface area contributed by atoms with Crippen LogP contribution >= 0.6 is 0 Å². The highest BCUT2D eigenvalue weighted by atomic mass is 16.1. The molecule has 1 aromatic rings. The summed E-state index contributed by atoms with van der Waals surface area (Å²) in [4.78, 5) is 14.2. The zero-order valence-electron chi connectivity index (χ0n) is 12.1. The van der Waals surface area contributed by atoms with E-state index in [2.05, 4.69) is 29.4 Å². The summed E-state index contributed by atoms with van der Waals surface area (Å²) in [6, 6.07) is 0. The van der Waals surface area contributed by atoms with Crippen molar-refractivity contribution in [1.82, 2.24) is 20.0 Å². The third-order valence-corrected chi connectivity index (χ3v) is 3.05. The summed E-state index contributed by atoms with van der Waals surface area (Å²) < 4.78 is 1.75. The molecule has 5 nitrogen and oxygen atoms in total. The second-order valence-electron chi connectivity index (χ2n) is 4.94. The van der Waals surface area contributed by atoms with Crippen LogP contribution in [0.5, 0.6) is 0 Å². The van der Waals surface area contributed by atoms with Crippen molar-refractivity contribution in [2.45, 2.75) is 26.7 Å². The minimum absolute atomic E-state index is 0.0112. The molecule has 1 aromatic heterocycles. The fourth-order valence-corrected chi connectivity index (χ4v) is 1.95. The van der Waals surface area contributed by atoms with Gasteiger partial charge in [0.2, 0.25) is 0 Å². The van der Waals surface area contributed by atoms with E-state index in [9.17, 15) is 4.79 Å². The Morgan fingerprint density at radius 1 is 1.33 bits per heavy atom. The monoisotopic (exact) mass is 252 g/mol. The largest absolute Gasteiger partial charge is 0.352 e. The molecule has 1 rings (SSSR count). The van der Waals surface area contributed by atoms with Crippen molar-refractivity contribution >= 4 is 5.91 Å². The molecule has 5 heteroatoms. The van der Waals surface area contributed by atoms with Gasteiger partial charge in [-0.15, -0.1) is 0 Å². The molecule has 0 aromatic carbocycles. The van der Waals surface area contributed by atoms with Gasteiger partial charge in [-0.3, -0.25) is 9.48 Å². The molecule has 102 valence electrons. The van der Waals surface area contributed by atoms with E-state index in [1.807, 2.05) is 20.9 Å². The molecular weight excluding hydrogens is 228 g/mol. The molecule has 0 radical (unpaired) electrons. The van der Waals surface area contributed by atoms with Crippen molar-refractivity contribution in [3.63, 3.8) is 0 Å². The molecule has 1 amide bonds. The molecule has 0 aliphatic heterocycles. The Bertz CT molecular complexity index is 409. The van der Waals surface area contributed by atoms with Crippen molar-refractivity contribution in [2.75, 3.05) is 27.2 Å². The molecule has 18 heavy (non-hydrogen) atoms. The lowest BCUT2D eigenvalue weighted by Gasteiger charge is -2.09. The Morgan fingerprint density at radius 3 is 2.50 bits per heavy atom. The van der Waals surface area contributed by atoms with Crippen molar-refractivity contribution in [3.05, 3.63) is 17.0 Å². The molecule has 0 atom stereocenters. The second-order valence-corrected chi connectivity index (χ2v) is 4.94. The maximum Gasteiger partial charge on any atom is 0.255 e. The van der Waals surface area contributed by atoms with E-state index in [-0.39, 0.29) is 5.91 Å². The number of amides is 1. The van der Waals surface area contributed by atoms with Crippen LogP contribution in [-0.2, 0) is 7.05 Å². The fraction of sp³-hybridized carbons (Fsp3) is 0.692. The molecule has 0 spiro atoms. The summed E-state index contributed by atoms with van der Waals surface area (Å²) in [5.74, 6) is -0.0112. The molecule has 0 saturated heterocycles. The molecule has 1 N–H and O–H groups in total. The van der Waals surface area contributed by atoms with Crippen LogP contribution in [0.2, 0.25) is 0 Å². The third-order valence-electron chi connectivity index (χ3n) is 3.05. The molecule has 1 heterocycles. The first-order chi connectivity index (χ1) is 8.43. The van der Waals surface area contributed by atoms with Gasteiger partial charge in [0.25, 0.3) is 5.91 Å². The first kappa shape index (κ1) is 14.7. The first-order valence-corrected chi connectivity index (χ1v) is 6.36. The van der Waals surface area contributed by atoms with Gasteiger partial charge in [0.1, 0.15) is 0 Å². The predicted octanol–water partition coefficient (Wildman–Crippen LogP) is 1.11. The van der Waals surface area contributed by atoms with Crippen molar-refractivity contribution < 1.29 is 4.79 Å². The van der Waals surface area contributed by atoms with Gasteiger partial charge in [0, 0.05) is 19.3 Å². The lowest BCUT2D eigenvalue weighted by molar-refractivity contribution is 0.0951. The van der Waals surface area contributed by atoms with E-state index >= 15 is 0 Å². The maximum atomic E-state index is 12.0. The quantitative estimate of drug-likeness (QED) is 0.772. The summed E-state index contributed by atoms with van der Waals surface area (Å²) in [7, 11) is 5.97. The number of carbonyl (C=O) groups excluding carboxylic acids is 1. The summed E-state index contributed by atoms with van der Waals surface area (Å²) in [6.45, 7) is 5.57. The van der Waals surface area contributed by atoms with Crippen LogP contribution in [0.25, 0.3) is 0 Å². The maximum absolute atomic E-state index is 12.0. The number of carbonyl (C=O) groups is 1. The van der Waals surface area contributed by atoms with Crippen LogP contribution in [0.15, 0.2) is 0 Å². The zero-order chi connectivity index (χ0) is 13.7. The SMILES string of the molecule is Cc1nn(C)c(C)c1C(=O)NCCCCN(C)C. The highest BCUT2D eigenvalue weighted by Crippen LogP contribution is 2.11. The van der Waals surface area contributed by atoms with Crippen LogP contribution in [0.4, 0.5) is 0 Å². The Balaban J connectivity index is 2.41. The molecule has 0 aliphatic rings. The topological polar surface area (TPSA) is 50.2 Å². The van der Waals surface area contributed by atoms with Crippen LogP contribution in [0, 0.1) is 13.8 Å². The van der Waals surface area contributed by atoms with Crippen LogP contribution in [0.3, 0.4) is 0 Å². The van der Waals surface area contributed by atoms with Gasteiger partial charge in [-0.05, 0) is 47.3 Å². The van der Waals surface area contributed by atoms with Gasteiger partial charge < -0.3 is 10.2 Å². The molecule has 0 aliphatic carbocycles. The third kappa shape index (κ3) is 3.84. The number of nitrogens with one attached hydrogen (secondary N) is 1. The van der Waals surface area contributed by atoms with Gasteiger partial charge in [-0.25, -0.2) is 0 Å². The van der Waals surface area contributed by atoms with E-state index in [0.717, 1.165) is 37.3 Å². The predicted molar refractivity (Wildman–Crippen MR) is 72.8 cm³/mol. The van der Waals surface area contributed by atoms with E-state index in [4.69, 9.17) is 0 Å². The standard InChI is InChI=1S/C13H24N4O/c1-10-12(11(2)17(5)15-10)13(18)14-8-6-7-9-16(3)4/h6-9H2,1-5H3,(H,14,18). The Kier molecular flexibility index (Phi) is 5.34. The summed E-state index contributed by atoms with van der Waals surface area (Å²) in [5.41, 5.74) is 2.42. The fourth-order valence-electron chi connectivity index (χ4n) is 1.95. The lowest BCUT2D eigenvalue weighted by Crippen LogP contribution is -2.26. The highest BCUT2D eigenvalue weighted by molar-refractivity contribution is 5.96. The summed E-state index contributed by atoms with van der Waals surface area (Å²) >= 11 is 0. The average Bonchev–Trinajstić information content (AvgIpc) is 2.52. The smallest absolute Gasteiger partial charge is 0.255 e. The Hall–Kier alpha value is -1.36. The van der Waals surface area contributed by atoms with Crippen LogP contribution in [-0.4, -0.2) is 47.8 Å². The van der Waals surface area contributed by atoms with Gasteiger partial charge >= 0.3 is 0 Å². The van der Waals surface area contributed by atoms with E-state index in [1.165, 1.54) is 0 Å². The van der Waals surface area contributed by atoms with Gasteiger partial charge in [0.05, 0.1) is 11.3 Å². The Morgan fingerprint density at radius 2 is 2.00 bits per heavy atom. The van der Waals surface area contributed by atoms with E-state index in [0.29, 0.717) is 5.56 Å². The normalized spacial score (nSPS) is 11.0. The van der Waals surface area contributed by atoms with Crippen molar-refractivity contribution in [1.29, 1.82) is 0 Å². The molecule has 0 unspecified atom stereocenters. The molecule has 0 fully saturated rings. The number of aryl methyl sites for hydroxylation is 2. The van der Waals surface area contributed by atoms with Gasteiger partial charge in [-0.2, -0.15) is 5.10 Å². The minimum atomic E-state index is -0.0112. The van der Waals surface area contributed by atoms with Gasteiger partial charge in [0.15, 0.2) is 0 Å². The van der Waals surface area contributed by atoms with Gasteiger partial charge in [-0.1, -0.05) is 0 Å². The number of rotatable bonds is 6. The lowest BCUT2D eigenvalue weighted by atomic mass is 10.2. The molecule has 0 saturated carbocycles. The zero-order valence-corrected chi connectivity index (χ0v) is 12.1. The molecule has 0 bridgehead atoms. The summed E-state index contributed by atoms with van der Waals surface area (Å²) in [5, 5.41) is 7.21. The first-order valence-electron chi connectivity index (χ1n) is 6.36. The number of aromatic nitrogens is 2. The number of nitrogens with zero attached hydrogens (tertiary/aromatic N) is 3. The summed E-state index contributed by atoms with van der Waals surface area (Å²) in [6.07, 6.45) is 2.10. The van der Waals surface area contributed by atoms with Crippen molar-refractivity contribution in [2.24, 2.45) is 7.05 Å². The van der Waals surface area contributed by atoms with Crippen LogP contribution in [0.1, 0.15) is 34.6 Å². The number of hydrogen-bond acceptors (Lipinski definition) is 3. The van der Waals surface area contributed by atoms with E-state index < -0.39 is 0 Å². The van der Waals surface area contributed by atoms with E-state index in [1.54, 1.807) is 4.68 Å². The average molecular weight is 252 g/mol. The molecular formula is C13H24N4O. The second kappa shape index (κ2) is 6.54. The number of unbranched alkanes of at least 4 members (excludes halogenated alkanes) is 1. The van der Waals surface area contributed by atoms with Crippen LogP contribution < -0.4 is 5.32 Å². The number of hydrogen-bond donors (Lipinski definition) is 1. The highest BCUT2D eigenvalue weighted by Gasteiger charge is 2.16. The Labute approximate surface area is 109 Å². The minimum Gasteiger partial charge on any atom is -0.352 e. The van der Waals surface area contributed by atoms with Crippen molar-refractivity contribution in [3.8, 4) is 0 Å².